The van der Waals surface area contributed by atoms with Gasteiger partial charge in [-0.2, -0.15) is 4.98 Å². The molecule has 3 heterocycles. The number of pyridine rings is 1. The average molecular weight is 345 g/mol. The van der Waals surface area contributed by atoms with Gasteiger partial charge in [0.25, 0.3) is 0 Å². The smallest absolute Gasteiger partial charge is 0.407 e. The van der Waals surface area contributed by atoms with Gasteiger partial charge in [0.1, 0.15) is 12.4 Å². The van der Waals surface area contributed by atoms with Crippen LogP contribution in [0.2, 0.25) is 0 Å². The van der Waals surface area contributed by atoms with E-state index in [1.54, 1.807) is 13.3 Å². The summed E-state index contributed by atoms with van der Waals surface area (Å²) in [7, 11) is 1.61. The zero-order valence-electron chi connectivity index (χ0n) is 14.2. The summed E-state index contributed by atoms with van der Waals surface area (Å²) in [5.74, 6) is 1.09. The molecule has 2 aromatic rings. The number of nitrogen functional groups attached to an aromatic ring is 1. The third-order valence-electron chi connectivity index (χ3n) is 4.13. The molecule has 1 aliphatic heterocycles. The number of carbonyl (C=O) groups is 1. The molecule has 0 bridgehead atoms. The fourth-order valence-corrected chi connectivity index (χ4v) is 2.85. The molecule has 3 rings (SSSR count). The molecule has 132 valence electrons. The van der Waals surface area contributed by atoms with Crippen molar-refractivity contribution in [1.29, 1.82) is 0 Å². The maximum Gasteiger partial charge on any atom is 0.407 e. The number of rotatable bonds is 4. The van der Waals surface area contributed by atoms with E-state index >= 15 is 0 Å². The number of fused-ring (bicyclic) bond motifs is 1. The van der Waals surface area contributed by atoms with Crippen LogP contribution in [0.25, 0.3) is 0 Å². The number of nitrogens with zero attached hydrogens (tertiary/aromatic N) is 4. The lowest BCUT2D eigenvalue weighted by Crippen LogP contribution is -2.22. The molecular formula is C16H19N5O4. The molecule has 0 radical (unpaired) electrons. The molecule has 9 nitrogen and oxygen atoms in total. The van der Waals surface area contributed by atoms with Gasteiger partial charge >= 0.3 is 6.09 Å². The van der Waals surface area contributed by atoms with Crippen molar-refractivity contribution < 1.29 is 19.4 Å². The first-order valence-corrected chi connectivity index (χ1v) is 7.65. The molecule has 0 unspecified atom stereocenters. The molecule has 0 aliphatic carbocycles. The number of nitrogens with two attached hydrogens (primary N) is 1. The first kappa shape index (κ1) is 16.7. The minimum Gasteiger partial charge on any atom is -0.496 e. The second kappa shape index (κ2) is 6.42. The van der Waals surface area contributed by atoms with Crippen LogP contribution in [0.1, 0.15) is 28.1 Å². The van der Waals surface area contributed by atoms with Crippen LogP contribution in [0.3, 0.4) is 0 Å². The SMILES string of the molecule is COc1c(C)cnc(COc2nc(N)nc3c2CN(C(=O)O)C3)c1C. The number of hydrogen-bond donors (Lipinski definition) is 2. The van der Waals surface area contributed by atoms with Gasteiger partial charge in [0.15, 0.2) is 0 Å². The van der Waals surface area contributed by atoms with E-state index in [9.17, 15) is 4.79 Å². The maximum atomic E-state index is 11.2. The summed E-state index contributed by atoms with van der Waals surface area (Å²) >= 11 is 0. The minimum atomic E-state index is -1.02. The first-order valence-electron chi connectivity index (χ1n) is 7.65. The van der Waals surface area contributed by atoms with Gasteiger partial charge < -0.3 is 20.3 Å². The van der Waals surface area contributed by atoms with Crippen molar-refractivity contribution >= 4 is 12.0 Å². The van der Waals surface area contributed by atoms with Crippen LogP contribution in [0.5, 0.6) is 11.6 Å². The Balaban J connectivity index is 1.85. The zero-order chi connectivity index (χ0) is 18.1. The highest BCUT2D eigenvalue weighted by Gasteiger charge is 2.29. The number of aromatic nitrogens is 3. The molecule has 0 aromatic carbocycles. The van der Waals surface area contributed by atoms with E-state index in [0.29, 0.717) is 17.0 Å². The maximum absolute atomic E-state index is 11.2. The Morgan fingerprint density at radius 3 is 2.80 bits per heavy atom. The van der Waals surface area contributed by atoms with Gasteiger partial charge in [-0.05, 0) is 13.8 Å². The molecule has 1 amide bonds. The van der Waals surface area contributed by atoms with Crippen LogP contribution in [0.15, 0.2) is 6.20 Å². The van der Waals surface area contributed by atoms with E-state index in [1.165, 1.54) is 4.90 Å². The summed E-state index contributed by atoms with van der Waals surface area (Å²) in [6.07, 6.45) is 0.693. The van der Waals surface area contributed by atoms with Crippen LogP contribution in [0.4, 0.5) is 10.7 Å². The van der Waals surface area contributed by atoms with Gasteiger partial charge in [0.2, 0.25) is 11.8 Å². The average Bonchev–Trinajstić information content (AvgIpc) is 2.98. The van der Waals surface area contributed by atoms with Crippen molar-refractivity contribution in [1.82, 2.24) is 19.9 Å². The second-order valence-electron chi connectivity index (χ2n) is 5.79. The molecule has 3 N–H and O–H groups in total. The van der Waals surface area contributed by atoms with Crippen molar-refractivity contribution in [2.45, 2.75) is 33.5 Å². The topological polar surface area (TPSA) is 124 Å². The lowest BCUT2D eigenvalue weighted by atomic mass is 10.1. The lowest BCUT2D eigenvalue weighted by Gasteiger charge is -2.14. The standard InChI is InChI=1S/C16H19N5O4/c1-8-4-18-12(9(2)13(8)24-3)7-25-14-10-5-21(16(22)23)6-11(10)19-15(17)20-14/h4H,5-7H2,1-3H3,(H,22,23)(H2,17,19,20). The van der Waals surface area contributed by atoms with Crippen molar-refractivity contribution in [3.05, 3.63) is 34.3 Å². The molecule has 0 saturated heterocycles. The summed E-state index contributed by atoms with van der Waals surface area (Å²) in [4.78, 5) is 25.0. The van der Waals surface area contributed by atoms with Crippen molar-refractivity contribution in [3.63, 3.8) is 0 Å². The van der Waals surface area contributed by atoms with E-state index < -0.39 is 6.09 Å². The minimum absolute atomic E-state index is 0.0483. The lowest BCUT2D eigenvalue weighted by molar-refractivity contribution is 0.144. The molecule has 0 atom stereocenters. The van der Waals surface area contributed by atoms with Crippen LogP contribution in [-0.2, 0) is 19.7 Å². The van der Waals surface area contributed by atoms with E-state index in [-0.39, 0.29) is 31.5 Å². The van der Waals surface area contributed by atoms with Gasteiger partial charge in [-0.15, -0.1) is 0 Å². The molecule has 1 aliphatic rings. The number of carboxylic acid groups (broad SMARTS) is 1. The Hall–Kier alpha value is -3.10. The number of anilines is 1. The quantitative estimate of drug-likeness (QED) is 0.857. The number of ether oxygens (including phenoxy) is 2. The highest BCUT2D eigenvalue weighted by Crippen LogP contribution is 2.30. The molecule has 25 heavy (non-hydrogen) atoms. The summed E-state index contributed by atoms with van der Waals surface area (Å²) in [5, 5.41) is 9.16. The summed E-state index contributed by atoms with van der Waals surface area (Å²) < 4.78 is 11.2. The van der Waals surface area contributed by atoms with E-state index in [4.69, 9.17) is 20.3 Å². The summed E-state index contributed by atoms with van der Waals surface area (Å²) in [5.41, 5.74) is 9.44. The Morgan fingerprint density at radius 1 is 1.36 bits per heavy atom. The van der Waals surface area contributed by atoms with Crippen molar-refractivity contribution in [2.75, 3.05) is 12.8 Å². The van der Waals surface area contributed by atoms with Crippen LogP contribution >= 0.6 is 0 Å². The van der Waals surface area contributed by atoms with Crippen molar-refractivity contribution in [3.8, 4) is 11.6 Å². The number of amides is 1. The van der Waals surface area contributed by atoms with E-state index in [0.717, 1.165) is 16.9 Å². The van der Waals surface area contributed by atoms with E-state index in [1.807, 2.05) is 13.8 Å². The number of aryl methyl sites for hydroxylation is 1. The van der Waals surface area contributed by atoms with Gasteiger partial charge in [-0.1, -0.05) is 0 Å². The van der Waals surface area contributed by atoms with Gasteiger partial charge in [-0.3, -0.25) is 9.88 Å². The third kappa shape index (κ3) is 3.12. The van der Waals surface area contributed by atoms with E-state index in [2.05, 4.69) is 15.0 Å². The molecule has 2 aromatic heterocycles. The highest BCUT2D eigenvalue weighted by molar-refractivity contribution is 5.66. The first-order chi connectivity index (χ1) is 11.9. The van der Waals surface area contributed by atoms with Gasteiger partial charge in [0, 0.05) is 17.3 Å². The van der Waals surface area contributed by atoms with Crippen LogP contribution in [0, 0.1) is 13.8 Å². The number of methoxy groups -OCH3 is 1. The summed E-state index contributed by atoms with van der Waals surface area (Å²) in [6.45, 7) is 4.33. The Labute approximate surface area is 144 Å². The fraction of sp³-hybridized carbons (Fsp3) is 0.375. The molecule has 9 heteroatoms. The second-order valence-corrected chi connectivity index (χ2v) is 5.79. The third-order valence-corrected chi connectivity index (χ3v) is 4.13. The van der Waals surface area contributed by atoms with Gasteiger partial charge in [-0.25, -0.2) is 9.78 Å². The fourth-order valence-electron chi connectivity index (χ4n) is 2.85. The molecular weight excluding hydrogens is 326 g/mol. The monoisotopic (exact) mass is 345 g/mol. The molecule has 0 fully saturated rings. The Kier molecular flexibility index (Phi) is 4.30. The normalized spacial score (nSPS) is 12.8. The predicted molar refractivity (Wildman–Crippen MR) is 88.3 cm³/mol. The highest BCUT2D eigenvalue weighted by atomic mass is 16.5. The zero-order valence-corrected chi connectivity index (χ0v) is 14.2. The van der Waals surface area contributed by atoms with Gasteiger partial charge in [0.05, 0.1) is 37.2 Å². The molecule has 0 spiro atoms. The Morgan fingerprint density at radius 2 is 2.12 bits per heavy atom. The largest absolute Gasteiger partial charge is 0.496 e. The number of hydrogen-bond acceptors (Lipinski definition) is 7. The Bertz CT molecular complexity index is 840. The predicted octanol–water partition coefficient (Wildman–Crippen LogP) is 1.65. The molecule has 0 saturated carbocycles. The van der Waals surface area contributed by atoms with Crippen molar-refractivity contribution in [2.24, 2.45) is 0 Å². The van der Waals surface area contributed by atoms with Crippen LogP contribution < -0.4 is 15.2 Å². The van der Waals surface area contributed by atoms with Crippen LogP contribution in [-0.4, -0.2) is 38.2 Å². The summed E-state index contributed by atoms with van der Waals surface area (Å²) in [6, 6.07) is 0.